The number of carbonyl (C=O) groups is 2. The van der Waals surface area contributed by atoms with Crippen LogP contribution in [0.2, 0.25) is 5.02 Å². The van der Waals surface area contributed by atoms with E-state index in [1.165, 1.54) is 17.1 Å². The average Bonchev–Trinajstić information content (AvgIpc) is 3.48. The van der Waals surface area contributed by atoms with Gasteiger partial charge in [0.05, 0.1) is 18.3 Å². The maximum absolute atomic E-state index is 13.4. The van der Waals surface area contributed by atoms with Crippen LogP contribution in [0.15, 0.2) is 85.2 Å². The molecule has 0 saturated carbocycles. The van der Waals surface area contributed by atoms with Crippen LogP contribution in [0.25, 0.3) is 11.8 Å². The molecule has 0 bridgehead atoms. The number of hydrogen-bond donors (Lipinski definition) is 1. The lowest BCUT2D eigenvalue weighted by atomic mass is 9.97. The second-order valence-electron chi connectivity index (χ2n) is 9.59. The van der Waals surface area contributed by atoms with Gasteiger partial charge in [0, 0.05) is 35.9 Å². The largest absolute Gasteiger partial charge is 0.342 e. The first kappa shape index (κ1) is 30.1. The molecule has 0 aliphatic heterocycles. The van der Waals surface area contributed by atoms with Gasteiger partial charge in [-0.1, -0.05) is 66.2 Å². The topological polar surface area (TPSA) is 116 Å². The number of aromatic nitrogens is 4. The first-order valence-electron chi connectivity index (χ1n) is 13.1. The van der Waals surface area contributed by atoms with Crippen LogP contribution in [-0.4, -0.2) is 51.2 Å². The molecule has 4 rings (SSSR count). The summed E-state index contributed by atoms with van der Waals surface area (Å²) in [4.78, 5) is 26.5. The summed E-state index contributed by atoms with van der Waals surface area (Å²) in [6.07, 6.45) is 5.22. The molecule has 1 aromatic heterocycles. The fourth-order valence-electron chi connectivity index (χ4n) is 4.36. The number of benzene rings is 3. The molecule has 0 spiro atoms. The standard InChI is InChI=1S/C30H31ClN5O4P/c1-3-40-41(2,39)20-24-11-9-23(10-12-24)18-29(37)27(17-22-7-5-4-6-8-22)33-30(38)16-13-25-19-26(31)14-15-28(25)36-21-32-34-35-36/h4-16,19,21,27H,3,17-18,20H2,1-2H3,(H,33,38)/b16-13+/t27-,41?/m0/s1. The first-order chi connectivity index (χ1) is 19.7. The Kier molecular flexibility index (Phi) is 10.4. The Morgan fingerprint density at radius 2 is 1.78 bits per heavy atom. The molecule has 1 amide bonds. The van der Waals surface area contributed by atoms with E-state index in [0.717, 1.165) is 16.7 Å². The Morgan fingerprint density at radius 1 is 1.05 bits per heavy atom. The van der Waals surface area contributed by atoms with Crippen molar-refractivity contribution >= 4 is 36.7 Å². The summed E-state index contributed by atoms with van der Waals surface area (Å²) in [5.41, 5.74) is 3.88. The number of nitrogens with zero attached hydrogens (tertiary/aromatic N) is 4. The molecule has 0 radical (unpaired) electrons. The monoisotopic (exact) mass is 591 g/mol. The summed E-state index contributed by atoms with van der Waals surface area (Å²) in [6, 6.07) is 21.3. The lowest BCUT2D eigenvalue weighted by Crippen LogP contribution is -2.42. The van der Waals surface area contributed by atoms with Gasteiger partial charge in [0.25, 0.3) is 0 Å². The van der Waals surface area contributed by atoms with Gasteiger partial charge in [0.1, 0.15) is 6.33 Å². The minimum Gasteiger partial charge on any atom is -0.342 e. The molecule has 11 heteroatoms. The summed E-state index contributed by atoms with van der Waals surface area (Å²) in [5, 5.41) is 14.6. The molecule has 212 valence electrons. The molecule has 0 aliphatic rings. The third-order valence-corrected chi connectivity index (χ3v) is 8.24. The number of Topliss-reactive ketones (excluding diaryl/α,β-unsaturated/α-hetero) is 1. The zero-order chi connectivity index (χ0) is 29.2. The van der Waals surface area contributed by atoms with Gasteiger partial charge in [-0.25, -0.2) is 0 Å². The first-order valence-corrected chi connectivity index (χ1v) is 15.7. The molecule has 1 N–H and O–H groups in total. The van der Waals surface area contributed by atoms with Crippen LogP contribution in [0.1, 0.15) is 29.2 Å². The summed E-state index contributed by atoms with van der Waals surface area (Å²) in [6.45, 7) is 3.83. The van der Waals surface area contributed by atoms with E-state index in [4.69, 9.17) is 16.1 Å². The number of halogens is 1. The van der Waals surface area contributed by atoms with Crippen molar-refractivity contribution in [2.75, 3.05) is 13.3 Å². The number of ketones is 1. The number of hydrogen-bond acceptors (Lipinski definition) is 7. The van der Waals surface area contributed by atoms with Crippen molar-refractivity contribution < 1.29 is 18.7 Å². The van der Waals surface area contributed by atoms with Crippen LogP contribution in [-0.2, 0) is 37.7 Å². The smallest absolute Gasteiger partial charge is 0.244 e. The van der Waals surface area contributed by atoms with E-state index in [1.54, 1.807) is 30.9 Å². The van der Waals surface area contributed by atoms with Gasteiger partial charge < -0.3 is 9.84 Å². The molecule has 1 unspecified atom stereocenters. The average molecular weight is 592 g/mol. The van der Waals surface area contributed by atoms with E-state index in [1.807, 2.05) is 61.5 Å². The zero-order valence-electron chi connectivity index (χ0n) is 22.8. The molecule has 0 aliphatic carbocycles. The maximum atomic E-state index is 13.4. The van der Waals surface area contributed by atoms with Crippen LogP contribution in [0, 0.1) is 0 Å². The number of amides is 1. The van der Waals surface area contributed by atoms with E-state index in [-0.39, 0.29) is 12.2 Å². The molecule has 41 heavy (non-hydrogen) atoms. The molecule has 2 atom stereocenters. The molecular formula is C30H31ClN5O4P. The van der Waals surface area contributed by atoms with Crippen molar-refractivity contribution in [3.05, 3.63) is 112 Å². The SMILES string of the molecule is CCOP(C)(=O)Cc1ccc(CC(=O)[C@H](Cc2ccccc2)NC(=O)/C=C/c2cc(Cl)ccc2-n2cnnn2)cc1. The molecule has 9 nitrogen and oxygen atoms in total. The van der Waals surface area contributed by atoms with Crippen molar-refractivity contribution in [1.29, 1.82) is 0 Å². The van der Waals surface area contributed by atoms with Crippen LogP contribution in [0.5, 0.6) is 0 Å². The third-order valence-electron chi connectivity index (χ3n) is 6.26. The van der Waals surface area contributed by atoms with Crippen LogP contribution >= 0.6 is 19.0 Å². The fourth-order valence-corrected chi connectivity index (χ4v) is 6.05. The van der Waals surface area contributed by atoms with Crippen LogP contribution in [0.3, 0.4) is 0 Å². The Hall–Kier alpha value is -3.91. The number of carbonyl (C=O) groups excluding carboxylic acids is 2. The lowest BCUT2D eigenvalue weighted by Gasteiger charge is -2.18. The predicted molar refractivity (Wildman–Crippen MR) is 159 cm³/mol. The highest BCUT2D eigenvalue weighted by atomic mass is 35.5. The number of rotatable bonds is 13. The van der Waals surface area contributed by atoms with Crippen molar-refractivity contribution in [3.8, 4) is 5.69 Å². The predicted octanol–water partition coefficient (Wildman–Crippen LogP) is 5.31. The Labute approximate surface area is 244 Å². The normalized spacial score (nSPS) is 13.5. The highest BCUT2D eigenvalue weighted by Crippen LogP contribution is 2.46. The minimum atomic E-state index is -2.72. The summed E-state index contributed by atoms with van der Waals surface area (Å²) < 4.78 is 19.4. The van der Waals surface area contributed by atoms with Crippen molar-refractivity contribution in [1.82, 2.24) is 25.5 Å². The third kappa shape index (κ3) is 9.05. The Morgan fingerprint density at radius 3 is 2.46 bits per heavy atom. The zero-order valence-corrected chi connectivity index (χ0v) is 24.5. The minimum absolute atomic E-state index is 0.129. The van der Waals surface area contributed by atoms with E-state index in [0.29, 0.717) is 35.5 Å². The van der Waals surface area contributed by atoms with Gasteiger partial charge in [-0.15, -0.1) is 5.10 Å². The van der Waals surface area contributed by atoms with Gasteiger partial charge in [0.2, 0.25) is 13.3 Å². The van der Waals surface area contributed by atoms with E-state index < -0.39 is 19.3 Å². The van der Waals surface area contributed by atoms with Crippen molar-refractivity contribution in [3.63, 3.8) is 0 Å². The molecule has 0 fully saturated rings. The second kappa shape index (κ2) is 14.1. The molecular weight excluding hydrogens is 561 g/mol. The number of nitrogens with one attached hydrogen (secondary N) is 1. The second-order valence-corrected chi connectivity index (χ2v) is 12.6. The van der Waals surface area contributed by atoms with E-state index >= 15 is 0 Å². The Balaban J connectivity index is 1.48. The van der Waals surface area contributed by atoms with Crippen molar-refractivity contribution in [2.45, 2.75) is 32.0 Å². The maximum Gasteiger partial charge on any atom is 0.244 e. The fraction of sp³-hybridized carbons (Fsp3) is 0.233. The number of tetrazole rings is 1. The summed E-state index contributed by atoms with van der Waals surface area (Å²) >= 11 is 6.18. The lowest BCUT2D eigenvalue weighted by molar-refractivity contribution is -0.125. The van der Waals surface area contributed by atoms with Gasteiger partial charge in [-0.3, -0.25) is 14.2 Å². The Bertz CT molecular complexity index is 1540. The van der Waals surface area contributed by atoms with E-state index in [2.05, 4.69) is 20.8 Å². The summed E-state index contributed by atoms with van der Waals surface area (Å²) in [5.74, 6) is -0.553. The van der Waals surface area contributed by atoms with Gasteiger partial charge >= 0.3 is 0 Å². The summed E-state index contributed by atoms with van der Waals surface area (Å²) in [7, 11) is -2.72. The van der Waals surface area contributed by atoms with Gasteiger partial charge in [0.15, 0.2) is 5.78 Å². The highest BCUT2D eigenvalue weighted by molar-refractivity contribution is 7.57. The molecule has 4 aromatic rings. The van der Waals surface area contributed by atoms with Gasteiger partial charge in [-0.05, 0) is 64.7 Å². The van der Waals surface area contributed by atoms with Crippen LogP contribution in [0.4, 0.5) is 0 Å². The van der Waals surface area contributed by atoms with Crippen LogP contribution < -0.4 is 5.32 Å². The molecule has 0 saturated heterocycles. The van der Waals surface area contributed by atoms with E-state index in [9.17, 15) is 14.2 Å². The quantitative estimate of drug-likeness (QED) is 0.165. The molecule has 1 heterocycles. The molecule has 3 aromatic carbocycles. The highest BCUT2D eigenvalue weighted by Gasteiger charge is 2.21. The van der Waals surface area contributed by atoms with Crippen molar-refractivity contribution in [2.24, 2.45) is 0 Å². The van der Waals surface area contributed by atoms with Gasteiger partial charge in [-0.2, -0.15) is 4.68 Å².